The van der Waals surface area contributed by atoms with Gasteiger partial charge in [-0.15, -0.1) is 24.0 Å². The van der Waals surface area contributed by atoms with Crippen LogP contribution in [0.1, 0.15) is 20.3 Å². The van der Waals surface area contributed by atoms with Gasteiger partial charge >= 0.3 is 0 Å². The zero-order chi connectivity index (χ0) is 14.3. The van der Waals surface area contributed by atoms with Gasteiger partial charge in [-0.2, -0.15) is 11.8 Å². The molecule has 0 spiro atoms. The molecular weight excluding hydrogens is 409 g/mol. The first-order valence-corrected chi connectivity index (χ1v) is 9.67. The summed E-state index contributed by atoms with van der Waals surface area (Å²) in [4.78, 5) is 6.48. The molecule has 0 aromatic carbocycles. The predicted octanol–water partition coefficient (Wildman–Crippen LogP) is 1.44. The van der Waals surface area contributed by atoms with Crippen LogP contribution in [0.2, 0.25) is 0 Å². The minimum atomic E-state index is -2.91. The summed E-state index contributed by atoms with van der Waals surface area (Å²) in [6, 6.07) is 0. The molecule has 1 saturated heterocycles. The molecule has 0 aliphatic carbocycles. The number of rotatable bonds is 5. The summed E-state index contributed by atoms with van der Waals surface area (Å²) in [6.45, 7) is 6.27. The molecule has 5 nitrogen and oxygen atoms in total. The van der Waals surface area contributed by atoms with Crippen molar-refractivity contribution in [3.8, 4) is 0 Å². The third-order valence-corrected chi connectivity index (χ3v) is 6.32. The van der Waals surface area contributed by atoms with E-state index in [2.05, 4.69) is 22.1 Å². The Morgan fingerprint density at radius 3 is 2.70 bits per heavy atom. The Morgan fingerprint density at radius 2 is 2.15 bits per heavy atom. The molecule has 1 aliphatic heterocycles. The van der Waals surface area contributed by atoms with Crippen molar-refractivity contribution < 1.29 is 8.42 Å². The van der Waals surface area contributed by atoms with E-state index in [-0.39, 0.29) is 35.5 Å². The smallest absolute Gasteiger partial charge is 0.193 e. The highest BCUT2D eigenvalue weighted by Gasteiger charge is 2.21. The number of nitrogens with one attached hydrogen (secondary N) is 1. The number of hydrogen-bond donors (Lipinski definition) is 1. The summed E-state index contributed by atoms with van der Waals surface area (Å²) < 4.78 is 22.9. The van der Waals surface area contributed by atoms with Crippen molar-refractivity contribution >= 4 is 51.5 Å². The first kappa shape index (κ1) is 20.3. The van der Waals surface area contributed by atoms with E-state index < -0.39 is 9.84 Å². The first-order chi connectivity index (χ1) is 9.02. The molecule has 8 heteroatoms. The van der Waals surface area contributed by atoms with Gasteiger partial charge in [-0.05, 0) is 6.42 Å². The van der Waals surface area contributed by atoms with Crippen LogP contribution in [-0.2, 0) is 9.84 Å². The molecule has 20 heavy (non-hydrogen) atoms. The molecular formula is C12H26IN3O2S2. The maximum absolute atomic E-state index is 11.4. The highest BCUT2D eigenvalue weighted by atomic mass is 127. The Labute approximate surface area is 144 Å². The van der Waals surface area contributed by atoms with E-state index in [1.54, 1.807) is 14.0 Å². The summed E-state index contributed by atoms with van der Waals surface area (Å²) in [5, 5.41) is 3.81. The molecule has 1 rings (SSSR count). The van der Waals surface area contributed by atoms with Gasteiger partial charge in [0, 0.05) is 43.4 Å². The fourth-order valence-electron chi connectivity index (χ4n) is 1.95. The molecule has 0 saturated carbocycles. The number of thioether (sulfide) groups is 1. The van der Waals surface area contributed by atoms with E-state index in [0.29, 0.717) is 11.8 Å². The van der Waals surface area contributed by atoms with Crippen LogP contribution < -0.4 is 5.32 Å². The Hall–Kier alpha value is 0.300. The monoisotopic (exact) mass is 435 g/mol. The standard InChI is InChI=1S/C12H25N3O2S2.HI/c1-4-11-10-15(7-8-18-11)12(13-3)14-6-9-19(16,17)5-2;/h11H,4-10H2,1-3H3,(H,13,14);1H. The molecule has 1 fully saturated rings. The highest BCUT2D eigenvalue weighted by molar-refractivity contribution is 14.0. The Bertz CT molecular complexity index is 402. The molecule has 0 radical (unpaired) electrons. The molecule has 1 aliphatic rings. The lowest BCUT2D eigenvalue weighted by molar-refractivity contribution is 0.409. The molecule has 120 valence electrons. The van der Waals surface area contributed by atoms with Crippen LogP contribution in [0, 0.1) is 0 Å². The van der Waals surface area contributed by atoms with Crippen molar-refractivity contribution in [2.24, 2.45) is 4.99 Å². The molecule has 0 bridgehead atoms. The van der Waals surface area contributed by atoms with Crippen LogP contribution in [0.3, 0.4) is 0 Å². The van der Waals surface area contributed by atoms with Crippen molar-refractivity contribution in [1.82, 2.24) is 10.2 Å². The van der Waals surface area contributed by atoms with E-state index in [9.17, 15) is 8.42 Å². The predicted molar refractivity (Wildman–Crippen MR) is 99.2 cm³/mol. The van der Waals surface area contributed by atoms with E-state index in [1.165, 1.54) is 0 Å². The van der Waals surface area contributed by atoms with Gasteiger partial charge in [0.05, 0.1) is 5.75 Å². The second kappa shape index (κ2) is 10.1. The quantitative estimate of drug-likeness (QED) is 0.403. The summed E-state index contributed by atoms with van der Waals surface area (Å²) in [7, 11) is -1.16. The normalized spacial score (nSPS) is 20.4. The Morgan fingerprint density at radius 1 is 1.45 bits per heavy atom. The van der Waals surface area contributed by atoms with Crippen LogP contribution in [-0.4, -0.2) is 68.5 Å². The third-order valence-electron chi connectivity index (χ3n) is 3.24. The topological polar surface area (TPSA) is 61.8 Å². The van der Waals surface area contributed by atoms with Crippen LogP contribution in [0.25, 0.3) is 0 Å². The maximum atomic E-state index is 11.4. The zero-order valence-corrected chi connectivity index (χ0v) is 16.4. The second-order valence-electron chi connectivity index (χ2n) is 4.56. The molecule has 0 amide bonds. The lowest BCUT2D eigenvalue weighted by Gasteiger charge is -2.34. The minimum absolute atomic E-state index is 0. The molecule has 0 aromatic rings. The van der Waals surface area contributed by atoms with Crippen LogP contribution in [0.15, 0.2) is 4.99 Å². The number of hydrogen-bond acceptors (Lipinski definition) is 4. The first-order valence-electron chi connectivity index (χ1n) is 6.80. The van der Waals surface area contributed by atoms with Crippen LogP contribution >= 0.6 is 35.7 Å². The van der Waals surface area contributed by atoms with Crippen LogP contribution in [0.4, 0.5) is 0 Å². The number of guanidine groups is 1. The van der Waals surface area contributed by atoms with Crippen molar-refractivity contribution in [3.63, 3.8) is 0 Å². The van der Waals surface area contributed by atoms with Gasteiger partial charge in [-0.3, -0.25) is 4.99 Å². The summed E-state index contributed by atoms with van der Waals surface area (Å²) in [5.41, 5.74) is 0. The molecule has 1 heterocycles. The lowest BCUT2D eigenvalue weighted by atomic mass is 10.3. The second-order valence-corrected chi connectivity index (χ2v) is 8.44. The Balaban J connectivity index is 0.00000361. The average molecular weight is 435 g/mol. The summed E-state index contributed by atoms with van der Waals surface area (Å²) in [6.07, 6.45) is 1.16. The largest absolute Gasteiger partial charge is 0.355 e. The summed E-state index contributed by atoms with van der Waals surface area (Å²) >= 11 is 2.01. The number of halogens is 1. The van der Waals surface area contributed by atoms with Gasteiger partial charge in [0.25, 0.3) is 0 Å². The van der Waals surface area contributed by atoms with Gasteiger partial charge in [-0.25, -0.2) is 8.42 Å². The SMILES string of the molecule is CCC1CN(C(=NC)NCCS(=O)(=O)CC)CCS1.I. The van der Waals surface area contributed by atoms with E-state index >= 15 is 0 Å². The van der Waals surface area contributed by atoms with E-state index in [1.807, 2.05) is 11.8 Å². The van der Waals surface area contributed by atoms with Gasteiger partial charge < -0.3 is 10.2 Å². The lowest BCUT2D eigenvalue weighted by Crippen LogP contribution is -2.48. The van der Waals surface area contributed by atoms with Crippen LogP contribution in [0.5, 0.6) is 0 Å². The fraction of sp³-hybridized carbons (Fsp3) is 0.917. The van der Waals surface area contributed by atoms with Gasteiger partial charge in [0.2, 0.25) is 0 Å². The van der Waals surface area contributed by atoms with Crippen molar-refractivity contribution in [2.75, 3.05) is 43.9 Å². The van der Waals surface area contributed by atoms with Gasteiger partial charge in [0.15, 0.2) is 15.8 Å². The molecule has 0 aromatic heterocycles. The van der Waals surface area contributed by atoms with E-state index in [4.69, 9.17) is 0 Å². The van der Waals surface area contributed by atoms with Gasteiger partial charge in [-0.1, -0.05) is 13.8 Å². The number of aliphatic imine (C=N–C) groups is 1. The third kappa shape index (κ3) is 6.84. The fourth-order valence-corrected chi connectivity index (χ4v) is 3.84. The van der Waals surface area contributed by atoms with Crippen molar-refractivity contribution in [3.05, 3.63) is 0 Å². The minimum Gasteiger partial charge on any atom is -0.355 e. The van der Waals surface area contributed by atoms with Crippen molar-refractivity contribution in [1.29, 1.82) is 0 Å². The van der Waals surface area contributed by atoms with Crippen molar-refractivity contribution in [2.45, 2.75) is 25.5 Å². The number of sulfone groups is 1. The molecule has 1 atom stereocenters. The van der Waals surface area contributed by atoms with Gasteiger partial charge in [0.1, 0.15) is 0 Å². The highest BCUT2D eigenvalue weighted by Crippen LogP contribution is 2.20. The maximum Gasteiger partial charge on any atom is 0.193 e. The Kier molecular flexibility index (Phi) is 10.2. The zero-order valence-electron chi connectivity index (χ0n) is 12.5. The average Bonchev–Trinajstić information content (AvgIpc) is 2.43. The summed E-state index contributed by atoms with van der Waals surface area (Å²) in [5.74, 6) is 2.30. The number of nitrogens with zero attached hydrogens (tertiary/aromatic N) is 2. The molecule has 1 N–H and O–H groups in total. The van der Waals surface area contributed by atoms with E-state index in [0.717, 1.165) is 31.2 Å². The molecule has 1 unspecified atom stereocenters.